The van der Waals surface area contributed by atoms with Crippen LogP contribution in [-0.2, 0) is 4.79 Å². The number of anilines is 1. The molecule has 1 amide bonds. The zero-order valence-electron chi connectivity index (χ0n) is 27.3. The van der Waals surface area contributed by atoms with Gasteiger partial charge in [0.2, 0.25) is 5.91 Å². The molecule has 0 saturated carbocycles. The average molecular weight is 495 g/mol. The summed E-state index contributed by atoms with van der Waals surface area (Å²) in [5.41, 5.74) is 7.95. The van der Waals surface area contributed by atoms with Crippen molar-refractivity contribution in [3.63, 3.8) is 0 Å². The lowest BCUT2D eigenvalue weighted by Crippen LogP contribution is -2.55. The number of likely N-dealkylation sites (N-methyl/N-ethyl adjacent to an activating group) is 1. The van der Waals surface area contributed by atoms with Crippen LogP contribution in [0.4, 0.5) is 5.82 Å². The maximum Gasteiger partial charge on any atom is 0.236 e. The number of carbonyl (C=O) groups excluding carboxylic acids is 1. The van der Waals surface area contributed by atoms with Crippen molar-refractivity contribution in [3.05, 3.63) is 41.3 Å². The smallest absolute Gasteiger partial charge is 0.236 e. The summed E-state index contributed by atoms with van der Waals surface area (Å²) in [6.07, 6.45) is 3.55. The number of H-pyrrole nitrogens is 1. The molecule has 5 heterocycles. The first kappa shape index (κ1) is 17.9. The van der Waals surface area contributed by atoms with Crippen molar-refractivity contribution in [2.75, 3.05) is 45.0 Å². The van der Waals surface area contributed by atoms with Gasteiger partial charge in [-0.2, -0.15) is 5.10 Å². The molecular formula is C27H36N8O. The fourth-order valence-electron chi connectivity index (χ4n) is 5.22. The second kappa shape index (κ2) is 9.20. The molecule has 9 nitrogen and oxygen atoms in total. The van der Waals surface area contributed by atoms with Gasteiger partial charge in [0.05, 0.1) is 23.3 Å². The van der Waals surface area contributed by atoms with Crippen molar-refractivity contribution >= 4 is 28.4 Å². The van der Waals surface area contributed by atoms with E-state index in [-0.39, 0.29) is 12.0 Å². The summed E-state index contributed by atoms with van der Waals surface area (Å²) in [4.78, 5) is 30.0. The predicted molar refractivity (Wildman–Crippen MR) is 144 cm³/mol. The van der Waals surface area contributed by atoms with Gasteiger partial charge in [0, 0.05) is 51.2 Å². The lowest BCUT2D eigenvalue weighted by atomic mass is 9.95. The summed E-state index contributed by atoms with van der Waals surface area (Å²) < 4.78 is 47.1. The van der Waals surface area contributed by atoms with Crippen LogP contribution in [0.3, 0.4) is 0 Å². The van der Waals surface area contributed by atoms with E-state index in [2.05, 4.69) is 40.7 Å². The molecule has 0 aliphatic carbocycles. The van der Waals surface area contributed by atoms with E-state index in [9.17, 15) is 4.79 Å². The molecule has 0 radical (unpaired) electrons. The highest BCUT2D eigenvalue weighted by Crippen LogP contribution is 2.38. The molecule has 0 spiro atoms. The highest BCUT2D eigenvalue weighted by molar-refractivity contribution is 5.90. The average Bonchev–Trinajstić information content (AvgIpc) is 3.52. The van der Waals surface area contributed by atoms with Gasteiger partial charge in [0.25, 0.3) is 0 Å². The number of aromatic amines is 1. The van der Waals surface area contributed by atoms with Gasteiger partial charge in [-0.25, -0.2) is 14.5 Å². The lowest BCUT2D eigenvalue weighted by Gasteiger charge is -2.41. The summed E-state index contributed by atoms with van der Waals surface area (Å²) in [6.45, 7) is 5.00. The molecule has 0 aromatic carbocycles. The Bertz CT molecular complexity index is 1630. The van der Waals surface area contributed by atoms with Crippen LogP contribution < -0.4 is 4.90 Å². The molecule has 4 aromatic heterocycles. The third kappa shape index (κ3) is 4.11. The number of fused-ring (bicyclic) bond motifs is 2. The Morgan fingerprint density at radius 3 is 2.78 bits per heavy atom. The van der Waals surface area contributed by atoms with Crippen molar-refractivity contribution in [1.29, 1.82) is 0 Å². The van der Waals surface area contributed by atoms with Crippen LogP contribution in [-0.4, -0.2) is 86.4 Å². The minimum Gasteiger partial charge on any atom is -0.353 e. The summed E-state index contributed by atoms with van der Waals surface area (Å²) >= 11 is 0. The normalized spacial score (nSPS) is 19.9. The number of carbonyl (C=O) groups is 1. The minimum absolute atomic E-state index is 0.123. The Hall–Kier alpha value is -3.46. The first-order valence-electron chi connectivity index (χ1n) is 15.2. The monoisotopic (exact) mass is 494 g/mol. The van der Waals surface area contributed by atoms with E-state index >= 15 is 0 Å². The molecule has 1 aliphatic heterocycles. The molecule has 1 atom stereocenters. The van der Waals surface area contributed by atoms with Gasteiger partial charge >= 0.3 is 0 Å². The van der Waals surface area contributed by atoms with Gasteiger partial charge in [-0.05, 0) is 63.9 Å². The van der Waals surface area contributed by atoms with Gasteiger partial charge in [0.15, 0.2) is 5.65 Å². The van der Waals surface area contributed by atoms with E-state index in [0.29, 0.717) is 24.5 Å². The SMILES string of the molecule is [2H]C([2H])([2H])N(CC(=O)N1CCN(c2ccc3[nH]c(-c4cn5ncnc5c(C)c4C)c(C(C)C)c3n2)[C@H](C)C1)C([2H])([2H])[2H]. The molecule has 0 unspecified atom stereocenters. The molecule has 1 fully saturated rings. The van der Waals surface area contributed by atoms with E-state index < -0.39 is 26.4 Å². The Morgan fingerprint density at radius 2 is 2.06 bits per heavy atom. The number of hydrogen-bond acceptors (Lipinski definition) is 6. The van der Waals surface area contributed by atoms with Gasteiger partial charge in [-0.3, -0.25) is 4.79 Å². The van der Waals surface area contributed by atoms with E-state index in [0.717, 1.165) is 50.4 Å². The zero-order valence-corrected chi connectivity index (χ0v) is 21.3. The lowest BCUT2D eigenvalue weighted by molar-refractivity contribution is -0.132. The second-order valence-electron chi connectivity index (χ2n) is 9.92. The number of nitrogens with zero attached hydrogens (tertiary/aromatic N) is 7. The van der Waals surface area contributed by atoms with Gasteiger partial charge in [-0.15, -0.1) is 0 Å². The van der Waals surface area contributed by atoms with Gasteiger partial charge in [-0.1, -0.05) is 13.8 Å². The molecule has 190 valence electrons. The van der Waals surface area contributed by atoms with Gasteiger partial charge in [0.1, 0.15) is 12.1 Å². The van der Waals surface area contributed by atoms with Crippen LogP contribution in [0.25, 0.3) is 27.9 Å². The summed E-state index contributed by atoms with van der Waals surface area (Å²) in [6, 6.07) is 3.87. The second-order valence-corrected chi connectivity index (χ2v) is 9.92. The number of nitrogens with one attached hydrogen (secondary N) is 1. The van der Waals surface area contributed by atoms with E-state index in [1.54, 1.807) is 10.8 Å². The highest BCUT2D eigenvalue weighted by Gasteiger charge is 2.28. The third-order valence-corrected chi connectivity index (χ3v) is 7.21. The molecule has 4 aromatic rings. The molecule has 1 aliphatic rings. The largest absolute Gasteiger partial charge is 0.353 e. The van der Waals surface area contributed by atoms with Crippen molar-refractivity contribution in [3.8, 4) is 11.3 Å². The standard InChI is InChI=1S/C27H36N8O/c1-16(2)24-25(20-13-35-27(28-15-29-35)19(5)18(20)4)30-21-8-9-22(31-26(21)24)34-11-10-33(12-17(34)3)23(36)14-32(6)7/h8-9,13,15-17,30H,10-12,14H2,1-7H3/t17-/m1/s1/i6D3,7D3. The number of rotatable bonds is 5. The molecule has 36 heavy (non-hydrogen) atoms. The van der Waals surface area contributed by atoms with Crippen molar-refractivity contribution in [2.24, 2.45) is 0 Å². The molecule has 1 saturated heterocycles. The molecule has 9 heteroatoms. The Labute approximate surface area is 220 Å². The summed E-state index contributed by atoms with van der Waals surface area (Å²) in [5.74, 6) is 0.430. The Morgan fingerprint density at radius 1 is 1.25 bits per heavy atom. The van der Waals surface area contributed by atoms with Crippen molar-refractivity contribution < 1.29 is 13.0 Å². The van der Waals surface area contributed by atoms with Crippen LogP contribution >= 0.6 is 0 Å². The number of piperazine rings is 1. The Balaban J connectivity index is 1.43. The van der Waals surface area contributed by atoms with Crippen LogP contribution in [0, 0.1) is 13.8 Å². The van der Waals surface area contributed by atoms with Crippen LogP contribution in [0.15, 0.2) is 24.7 Å². The van der Waals surface area contributed by atoms with E-state index in [1.165, 1.54) is 4.90 Å². The van der Waals surface area contributed by atoms with Gasteiger partial charge < -0.3 is 19.7 Å². The number of amides is 1. The maximum absolute atomic E-state index is 13.0. The van der Waals surface area contributed by atoms with E-state index in [1.807, 2.05) is 32.2 Å². The molecule has 5 rings (SSSR count). The number of aryl methyl sites for hydroxylation is 1. The number of aromatic nitrogens is 5. The van der Waals surface area contributed by atoms with Crippen molar-refractivity contribution in [1.82, 2.24) is 34.4 Å². The Kier molecular flexibility index (Phi) is 4.57. The highest BCUT2D eigenvalue weighted by atomic mass is 16.2. The predicted octanol–water partition coefficient (Wildman–Crippen LogP) is 3.61. The topological polar surface area (TPSA) is 85.7 Å². The third-order valence-electron chi connectivity index (χ3n) is 7.21. The number of hydrogen-bond donors (Lipinski definition) is 1. The first-order chi connectivity index (χ1) is 19.6. The summed E-state index contributed by atoms with van der Waals surface area (Å²) in [7, 11) is 0. The van der Waals surface area contributed by atoms with Crippen LogP contribution in [0.1, 0.15) is 51.6 Å². The first-order valence-corrected chi connectivity index (χ1v) is 12.2. The fraction of sp³-hybridized carbons (Fsp3) is 0.481. The minimum atomic E-state index is -2.91. The zero-order chi connectivity index (χ0) is 30.7. The molecule has 1 N–H and O–H groups in total. The van der Waals surface area contributed by atoms with Crippen LogP contribution in [0.2, 0.25) is 0 Å². The summed E-state index contributed by atoms with van der Waals surface area (Å²) in [5, 5.41) is 4.36. The quantitative estimate of drug-likeness (QED) is 0.456. The fourth-order valence-corrected chi connectivity index (χ4v) is 5.22. The molecule has 0 bridgehead atoms. The molecular weight excluding hydrogens is 452 g/mol. The van der Waals surface area contributed by atoms with Crippen molar-refractivity contribution in [2.45, 2.75) is 46.6 Å². The maximum atomic E-state index is 13.0. The van der Waals surface area contributed by atoms with Crippen LogP contribution in [0.5, 0.6) is 0 Å². The number of pyridine rings is 2. The van der Waals surface area contributed by atoms with E-state index in [4.69, 9.17) is 13.2 Å².